The Labute approximate surface area is 189 Å². The van der Waals surface area contributed by atoms with Crippen LogP contribution < -0.4 is 0 Å². The van der Waals surface area contributed by atoms with Gasteiger partial charge in [0.05, 0.1) is 13.1 Å². The van der Waals surface area contributed by atoms with Gasteiger partial charge >= 0.3 is 23.9 Å². The summed E-state index contributed by atoms with van der Waals surface area (Å²) in [5.74, 6) is -2.49. The van der Waals surface area contributed by atoms with E-state index in [1.165, 1.54) is 0 Å². The third-order valence-electron chi connectivity index (χ3n) is 2.43. The van der Waals surface area contributed by atoms with Gasteiger partial charge < -0.3 is 19.4 Å². The molecule has 0 aliphatic carbocycles. The summed E-state index contributed by atoms with van der Waals surface area (Å²) in [6, 6.07) is 0. The van der Waals surface area contributed by atoms with Gasteiger partial charge in [-0.25, -0.2) is 0 Å². The quantitative estimate of drug-likeness (QED) is 0.370. The van der Waals surface area contributed by atoms with E-state index in [4.69, 9.17) is 19.4 Å². The van der Waals surface area contributed by atoms with Crippen LogP contribution in [0.1, 0.15) is 53.4 Å². The van der Waals surface area contributed by atoms with Crippen molar-refractivity contribution in [1.82, 2.24) is 10.5 Å². The molecular weight excluding hydrogens is 363 g/mol. The Kier molecular flexibility index (Phi) is 16.7. The maximum absolute atomic E-state index is 11.3. The summed E-state index contributed by atoms with van der Waals surface area (Å²) >= 11 is 0. The second kappa shape index (κ2) is 15.7. The predicted molar refractivity (Wildman–Crippen MR) is 84.7 cm³/mol. The summed E-state index contributed by atoms with van der Waals surface area (Å²) in [5, 5.41) is 1.31. The number of hydrogen-bond donors (Lipinski definition) is 0. The molecule has 1 radical (unpaired) electrons. The van der Waals surface area contributed by atoms with Crippen LogP contribution in [-0.2, 0) is 38.5 Å². The van der Waals surface area contributed by atoms with E-state index in [1.807, 2.05) is 0 Å². The van der Waals surface area contributed by atoms with Crippen molar-refractivity contribution in [3.8, 4) is 0 Å². The molecule has 10 nitrogen and oxygen atoms in total. The van der Waals surface area contributed by atoms with Crippen molar-refractivity contribution < 1.29 is 38.5 Å². The molecule has 0 aliphatic heterocycles. The minimum absolute atomic E-state index is 0. The van der Waals surface area contributed by atoms with Gasteiger partial charge in [-0.1, -0.05) is 27.7 Å². The average Bonchev–Trinajstić information content (AvgIpc) is 2.58. The van der Waals surface area contributed by atoms with Crippen LogP contribution >= 0.6 is 0 Å². The Hall–Kier alpha value is -0.564. The van der Waals surface area contributed by atoms with Crippen LogP contribution in [0.5, 0.6) is 0 Å². The Balaban J connectivity index is 0. The van der Waals surface area contributed by atoms with Gasteiger partial charge in [-0.3, -0.25) is 19.2 Å². The van der Waals surface area contributed by atoms with Crippen LogP contribution in [0.4, 0.5) is 0 Å². The molecule has 0 bridgehead atoms. The normalized spacial score (nSPS) is 10.0. The zero-order valence-corrected chi connectivity index (χ0v) is 18.5. The van der Waals surface area contributed by atoms with E-state index in [0.717, 1.165) is 0 Å². The number of rotatable bonds is 11. The van der Waals surface area contributed by atoms with Crippen molar-refractivity contribution >= 4 is 75.3 Å². The monoisotopic (exact) mass is 387 g/mol. The van der Waals surface area contributed by atoms with Gasteiger partial charge in [-0.2, -0.15) is 0 Å². The van der Waals surface area contributed by atoms with Crippen LogP contribution in [-0.4, -0.2) is 98.8 Å². The Bertz CT molecular complexity index is 371. The first kappa shape index (κ1) is 26.7. The van der Waals surface area contributed by atoms with E-state index in [9.17, 15) is 19.2 Å². The molecular formula is C14H24KN2O8. The van der Waals surface area contributed by atoms with Crippen molar-refractivity contribution in [3.63, 3.8) is 0 Å². The molecule has 11 heteroatoms. The number of hydroxylamine groups is 4. The van der Waals surface area contributed by atoms with Crippen molar-refractivity contribution in [1.29, 1.82) is 0 Å². The van der Waals surface area contributed by atoms with Crippen LogP contribution in [0, 0.1) is 0 Å². The molecule has 0 aromatic carbocycles. The average molecular weight is 387 g/mol. The molecule has 0 heterocycles. The Morgan fingerprint density at radius 1 is 0.560 bits per heavy atom. The maximum Gasteiger partial charge on any atom is 0.328 e. The van der Waals surface area contributed by atoms with E-state index < -0.39 is 23.9 Å². The SMILES string of the molecule is CCC(=O)ON(CCN(OC(=O)CC)OC(=O)CC)OC(=O)CC.[K]. The zero-order chi connectivity index (χ0) is 18.5. The van der Waals surface area contributed by atoms with Crippen LogP contribution in [0.15, 0.2) is 0 Å². The summed E-state index contributed by atoms with van der Waals surface area (Å²) in [5.41, 5.74) is 0. The summed E-state index contributed by atoms with van der Waals surface area (Å²) < 4.78 is 0. The van der Waals surface area contributed by atoms with Gasteiger partial charge in [0.2, 0.25) is 0 Å². The molecule has 0 aromatic rings. The Morgan fingerprint density at radius 3 is 0.920 bits per heavy atom. The topological polar surface area (TPSA) is 112 Å². The fourth-order valence-electron chi connectivity index (χ4n) is 1.10. The molecule has 0 fully saturated rings. The first-order valence-electron chi connectivity index (χ1n) is 7.74. The first-order chi connectivity index (χ1) is 11.4. The third-order valence-corrected chi connectivity index (χ3v) is 2.43. The number of nitrogens with zero attached hydrogens (tertiary/aromatic N) is 2. The smallest absolute Gasteiger partial charge is 0.328 e. The summed E-state index contributed by atoms with van der Waals surface area (Å²) in [6.07, 6.45) is 0.276. The minimum atomic E-state index is -0.624. The van der Waals surface area contributed by atoms with E-state index in [-0.39, 0.29) is 90.2 Å². The molecule has 0 unspecified atom stereocenters. The minimum Gasteiger partial charge on any atom is -0.333 e. The standard InChI is InChI=1S/C14H24N2O8.K/c1-5-11(17)21-15(22-12(18)6-2)9-10-16(23-13(19)7-3)24-14(20)8-4;/h5-10H2,1-4H3;. The van der Waals surface area contributed by atoms with Crippen molar-refractivity contribution in [2.45, 2.75) is 53.4 Å². The van der Waals surface area contributed by atoms with Crippen LogP contribution in [0.2, 0.25) is 0 Å². The Morgan fingerprint density at radius 2 is 0.760 bits per heavy atom. The second-order valence-electron chi connectivity index (χ2n) is 4.38. The van der Waals surface area contributed by atoms with Crippen molar-refractivity contribution in [3.05, 3.63) is 0 Å². The molecule has 25 heavy (non-hydrogen) atoms. The summed E-state index contributed by atoms with van der Waals surface area (Å²) in [4.78, 5) is 64.7. The number of hydrogen-bond acceptors (Lipinski definition) is 10. The molecule has 0 saturated carbocycles. The molecule has 139 valence electrons. The van der Waals surface area contributed by atoms with E-state index in [1.54, 1.807) is 27.7 Å². The fourth-order valence-corrected chi connectivity index (χ4v) is 1.10. The third kappa shape index (κ3) is 13.3. The summed E-state index contributed by atoms with van der Waals surface area (Å²) in [6.45, 7) is 5.87. The molecule has 0 N–H and O–H groups in total. The van der Waals surface area contributed by atoms with E-state index in [2.05, 4.69) is 0 Å². The van der Waals surface area contributed by atoms with Crippen molar-refractivity contribution in [2.75, 3.05) is 13.1 Å². The summed E-state index contributed by atoms with van der Waals surface area (Å²) in [7, 11) is 0. The molecule has 0 saturated heterocycles. The molecule has 0 rings (SSSR count). The van der Waals surface area contributed by atoms with Crippen LogP contribution in [0.3, 0.4) is 0 Å². The van der Waals surface area contributed by atoms with Gasteiger partial charge in [0.1, 0.15) is 0 Å². The van der Waals surface area contributed by atoms with Gasteiger partial charge in [-0.15, -0.1) is 0 Å². The first-order valence-corrected chi connectivity index (χ1v) is 7.74. The van der Waals surface area contributed by atoms with E-state index >= 15 is 0 Å². The molecule has 0 aromatic heterocycles. The van der Waals surface area contributed by atoms with Gasteiger partial charge in [0.25, 0.3) is 0 Å². The predicted octanol–water partition coefficient (Wildman–Crippen LogP) is 0.682. The molecule has 0 aliphatic rings. The maximum atomic E-state index is 11.3. The molecule has 0 spiro atoms. The van der Waals surface area contributed by atoms with E-state index in [0.29, 0.717) is 10.5 Å². The number of carbonyl (C=O) groups is 4. The van der Waals surface area contributed by atoms with Gasteiger partial charge in [-0.05, 0) is 0 Å². The number of carbonyl (C=O) groups excluding carboxylic acids is 4. The largest absolute Gasteiger partial charge is 0.333 e. The van der Waals surface area contributed by atoms with Gasteiger partial charge in [0, 0.05) is 87.5 Å². The molecule has 0 atom stereocenters. The van der Waals surface area contributed by atoms with Gasteiger partial charge in [0.15, 0.2) is 0 Å². The molecule has 0 amide bonds. The van der Waals surface area contributed by atoms with Crippen molar-refractivity contribution in [2.24, 2.45) is 0 Å². The zero-order valence-electron chi connectivity index (χ0n) is 15.4. The van der Waals surface area contributed by atoms with Crippen LogP contribution in [0.25, 0.3) is 0 Å². The second-order valence-corrected chi connectivity index (χ2v) is 4.38. The fraction of sp³-hybridized carbons (Fsp3) is 0.714.